The van der Waals surface area contributed by atoms with Gasteiger partial charge in [0.25, 0.3) is 0 Å². The predicted octanol–water partition coefficient (Wildman–Crippen LogP) is 3.94. The van der Waals surface area contributed by atoms with Gasteiger partial charge < -0.3 is 49.3 Å². The molecule has 2 aliphatic rings. The van der Waals surface area contributed by atoms with Crippen LogP contribution in [0.4, 0.5) is 9.59 Å². The SMILES string of the molecule is COCC(NC(=O)OC)C(=O)N1CCCC1c1ncc(-c2ccc(C#Cc3ccc(-c4cnc(C5CCCN5C(=O)C(COC)NC(=O)OC)[nH]4)cc3)cc2)[nH]1. The van der Waals surface area contributed by atoms with Crippen molar-refractivity contribution in [2.45, 2.75) is 49.9 Å². The van der Waals surface area contributed by atoms with Crippen LogP contribution < -0.4 is 10.6 Å². The summed E-state index contributed by atoms with van der Waals surface area (Å²) in [5.41, 5.74) is 5.17. The van der Waals surface area contributed by atoms with Crippen molar-refractivity contribution in [2.24, 2.45) is 0 Å². The van der Waals surface area contributed by atoms with Crippen LogP contribution in [0.3, 0.4) is 0 Å². The zero-order valence-corrected chi connectivity index (χ0v) is 31.8. The van der Waals surface area contributed by atoms with Gasteiger partial charge in [0.15, 0.2) is 0 Å². The van der Waals surface area contributed by atoms with Crippen molar-refractivity contribution in [1.29, 1.82) is 0 Å². The van der Waals surface area contributed by atoms with Crippen LogP contribution in [-0.4, -0.2) is 121 Å². The average molecular weight is 767 g/mol. The highest BCUT2D eigenvalue weighted by molar-refractivity contribution is 5.87. The highest BCUT2D eigenvalue weighted by Crippen LogP contribution is 2.33. The molecule has 4 aromatic rings. The number of rotatable bonds is 12. The summed E-state index contributed by atoms with van der Waals surface area (Å²) in [4.78, 5) is 69.8. The highest BCUT2D eigenvalue weighted by Gasteiger charge is 2.38. The van der Waals surface area contributed by atoms with E-state index >= 15 is 0 Å². The standard InChI is InChI=1S/C40H46N8O8/c1-53-23-31(45-39(51)55-3)37(49)47-19-5-7-33(47)35-41-21-29(43-35)27-15-11-25(12-16-27)9-10-26-13-17-28(18-14-26)30-22-42-36(44-30)34-8-6-20-48(34)38(50)32(24-54-2)46-40(52)56-4/h11-18,21-22,31-34H,5-8,19-20,23-24H2,1-4H3,(H,41,43)(H,42,44)(H,45,51)(H,46,52). The number of H-pyrrole nitrogens is 2. The quantitative estimate of drug-likeness (QED) is 0.154. The number of ether oxygens (including phenoxy) is 4. The van der Waals surface area contributed by atoms with Gasteiger partial charge in [0.1, 0.15) is 23.7 Å². The van der Waals surface area contributed by atoms with Crippen molar-refractivity contribution in [2.75, 3.05) is 54.7 Å². The molecule has 56 heavy (non-hydrogen) atoms. The number of benzene rings is 2. The molecule has 2 fully saturated rings. The maximum absolute atomic E-state index is 13.4. The number of alkyl carbamates (subject to hydrolysis) is 2. The van der Waals surface area contributed by atoms with E-state index in [2.05, 4.69) is 51.9 Å². The van der Waals surface area contributed by atoms with Gasteiger partial charge in [-0.2, -0.15) is 0 Å². The van der Waals surface area contributed by atoms with Crippen molar-refractivity contribution < 1.29 is 38.1 Å². The molecule has 0 spiro atoms. The van der Waals surface area contributed by atoms with Gasteiger partial charge in [0.05, 0.1) is 63.3 Å². The number of nitrogens with one attached hydrogen (secondary N) is 4. The zero-order valence-electron chi connectivity index (χ0n) is 31.8. The lowest BCUT2D eigenvalue weighted by atomic mass is 10.1. The van der Waals surface area contributed by atoms with E-state index in [4.69, 9.17) is 9.47 Å². The maximum atomic E-state index is 13.4. The molecule has 4 atom stereocenters. The van der Waals surface area contributed by atoms with E-state index in [1.807, 2.05) is 48.5 Å². The number of amides is 4. The van der Waals surface area contributed by atoms with Crippen molar-refractivity contribution in [1.82, 2.24) is 40.4 Å². The van der Waals surface area contributed by atoms with Crippen LogP contribution in [0, 0.1) is 11.8 Å². The first-order valence-corrected chi connectivity index (χ1v) is 18.3. The molecule has 2 aromatic carbocycles. The Bertz CT molecular complexity index is 1910. The molecule has 0 radical (unpaired) electrons. The monoisotopic (exact) mass is 766 g/mol. The van der Waals surface area contributed by atoms with Crippen LogP contribution in [0.15, 0.2) is 60.9 Å². The molecule has 16 heteroatoms. The largest absolute Gasteiger partial charge is 0.453 e. The number of aromatic amines is 2. The summed E-state index contributed by atoms with van der Waals surface area (Å²) >= 11 is 0. The first kappa shape index (κ1) is 39.5. The predicted molar refractivity (Wildman–Crippen MR) is 204 cm³/mol. The Morgan fingerprint density at radius 2 is 1.07 bits per heavy atom. The van der Waals surface area contributed by atoms with Crippen LogP contribution in [0.1, 0.15) is 60.5 Å². The van der Waals surface area contributed by atoms with Gasteiger partial charge in [0, 0.05) is 38.4 Å². The van der Waals surface area contributed by atoms with E-state index in [1.54, 1.807) is 22.2 Å². The number of aromatic nitrogens is 4. The van der Waals surface area contributed by atoms with Crippen molar-refractivity contribution in [3.63, 3.8) is 0 Å². The highest BCUT2D eigenvalue weighted by atomic mass is 16.5. The third kappa shape index (κ3) is 9.19. The lowest BCUT2D eigenvalue weighted by molar-refractivity contribution is -0.136. The summed E-state index contributed by atoms with van der Waals surface area (Å²) in [6.45, 7) is 1.13. The maximum Gasteiger partial charge on any atom is 0.407 e. The molecule has 2 saturated heterocycles. The molecule has 4 N–H and O–H groups in total. The minimum Gasteiger partial charge on any atom is -0.453 e. The minimum atomic E-state index is -0.868. The second-order valence-corrected chi connectivity index (χ2v) is 13.4. The van der Waals surface area contributed by atoms with Crippen LogP contribution in [0.25, 0.3) is 22.5 Å². The lowest BCUT2D eigenvalue weighted by Crippen LogP contribution is -2.50. The Balaban J connectivity index is 1.07. The summed E-state index contributed by atoms with van der Waals surface area (Å²) in [7, 11) is 5.44. The summed E-state index contributed by atoms with van der Waals surface area (Å²) < 4.78 is 19.7. The molecule has 0 aliphatic carbocycles. The first-order chi connectivity index (χ1) is 27.2. The molecule has 0 saturated carbocycles. The molecule has 4 unspecified atom stereocenters. The molecule has 16 nitrogen and oxygen atoms in total. The van der Waals surface area contributed by atoms with E-state index in [-0.39, 0.29) is 37.1 Å². The molecular weight excluding hydrogens is 720 g/mol. The number of carbonyl (C=O) groups is 4. The summed E-state index contributed by atoms with van der Waals surface area (Å²) in [5.74, 6) is 7.30. The first-order valence-electron chi connectivity index (χ1n) is 18.3. The van der Waals surface area contributed by atoms with E-state index in [1.165, 1.54) is 28.4 Å². The number of nitrogens with zero attached hydrogens (tertiary/aromatic N) is 4. The molecular formula is C40H46N8O8. The summed E-state index contributed by atoms with van der Waals surface area (Å²) in [6.07, 6.45) is 5.22. The molecule has 2 aliphatic heterocycles. The Morgan fingerprint density at radius 1 is 0.679 bits per heavy atom. The molecule has 2 aromatic heterocycles. The number of hydrogen-bond acceptors (Lipinski definition) is 10. The van der Waals surface area contributed by atoms with Crippen LogP contribution in [-0.2, 0) is 28.5 Å². The van der Waals surface area contributed by atoms with E-state index < -0.39 is 24.3 Å². The van der Waals surface area contributed by atoms with Crippen LogP contribution in [0.5, 0.6) is 0 Å². The number of methoxy groups -OCH3 is 4. The van der Waals surface area contributed by atoms with Gasteiger partial charge in [0.2, 0.25) is 11.8 Å². The second kappa shape index (κ2) is 18.4. The Hall–Kier alpha value is -6.18. The minimum absolute atomic E-state index is 0.0240. The molecule has 4 heterocycles. The lowest BCUT2D eigenvalue weighted by Gasteiger charge is -2.27. The van der Waals surface area contributed by atoms with Gasteiger partial charge in [-0.1, -0.05) is 36.1 Å². The van der Waals surface area contributed by atoms with Crippen LogP contribution in [0.2, 0.25) is 0 Å². The molecule has 4 amide bonds. The van der Waals surface area contributed by atoms with E-state index in [0.29, 0.717) is 24.7 Å². The second-order valence-electron chi connectivity index (χ2n) is 13.4. The summed E-state index contributed by atoms with van der Waals surface area (Å²) in [6, 6.07) is 13.4. The van der Waals surface area contributed by atoms with Gasteiger partial charge >= 0.3 is 12.2 Å². The molecule has 0 bridgehead atoms. The average Bonchev–Trinajstić information content (AvgIpc) is 4.06. The Morgan fingerprint density at radius 3 is 1.43 bits per heavy atom. The van der Waals surface area contributed by atoms with Crippen molar-refractivity contribution in [3.05, 3.63) is 83.7 Å². The fourth-order valence-electron chi connectivity index (χ4n) is 7.03. The Labute approximate surface area is 324 Å². The van der Waals surface area contributed by atoms with Gasteiger partial charge in [-0.05, 0) is 61.1 Å². The number of imidazole rings is 2. The zero-order chi connectivity index (χ0) is 39.6. The van der Waals surface area contributed by atoms with Crippen molar-refractivity contribution >= 4 is 24.0 Å². The fraction of sp³-hybridized carbons (Fsp3) is 0.400. The number of likely N-dealkylation sites (tertiary alicyclic amines) is 2. The number of hydrogen-bond donors (Lipinski definition) is 4. The molecule has 294 valence electrons. The molecule has 6 rings (SSSR count). The third-order valence-electron chi connectivity index (χ3n) is 9.85. The van der Waals surface area contributed by atoms with Crippen LogP contribution >= 0.6 is 0 Å². The van der Waals surface area contributed by atoms with E-state index in [0.717, 1.165) is 59.3 Å². The summed E-state index contributed by atoms with van der Waals surface area (Å²) in [5, 5.41) is 5.12. The smallest absolute Gasteiger partial charge is 0.407 e. The van der Waals surface area contributed by atoms with Gasteiger partial charge in [-0.3, -0.25) is 9.59 Å². The Kier molecular flexibility index (Phi) is 13.0. The van der Waals surface area contributed by atoms with Gasteiger partial charge in [-0.15, -0.1) is 0 Å². The van der Waals surface area contributed by atoms with Crippen molar-refractivity contribution in [3.8, 4) is 34.4 Å². The normalized spacial score (nSPS) is 17.4. The topological polar surface area (TPSA) is 193 Å². The van der Waals surface area contributed by atoms with Gasteiger partial charge in [-0.25, -0.2) is 19.6 Å². The third-order valence-corrected chi connectivity index (χ3v) is 9.85. The van der Waals surface area contributed by atoms with E-state index in [9.17, 15) is 19.2 Å². The number of carbonyl (C=O) groups excluding carboxylic acids is 4. The fourth-order valence-corrected chi connectivity index (χ4v) is 7.03.